The Morgan fingerprint density at radius 2 is 1.87 bits per heavy atom. The number of pyridine rings is 1. The molecule has 0 aliphatic carbocycles. The van der Waals surface area contributed by atoms with Gasteiger partial charge in [0.1, 0.15) is 5.65 Å². The first kappa shape index (κ1) is 19.3. The van der Waals surface area contributed by atoms with Crippen molar-refractivity contribution in [3.8, 4) is 11.3 Å². The number of carbonyl (C=O) groups excluding carboxylic acids is 1. The van der Waals surface area contributed by atoms with E-state index in [4.69, 9.17) is 0 Å². The van der Waals surface area contributed by atoms with Crippen molar-refractivity contribution in [3.63, 3.8) is 0 Å². The van der Waals surface area contributed by atoms with E-state index in [0.29, 0.717) is 24.2 Å². The Kier molecular flexibility index (Phi) is 4.51. The van der Waals surface area contributed by atoms with Crippen molar-refractivity contribution in [1.82, 2.24) is 9.38 Å². The highest BCUT2D eigenvalue weighted by molar-refractivity contribution is 7.92. The molecule has 0 radical (unpaired) electrons. The number of amides is 1. The lowest BCUT2D eigenvalue weighted by Crippen LogP contribution is -2.20. The number of nitrogens with zero attached hydrogens (tertiary/aromatic N) is 2. The SMILES string of the molecule is Cc1cccn2cc(-c3ccc(NS(=O)(=O)c4ccc5c(c4)CCC(=O)N5)cc3)nc12. The van der Waals surface area contributed by atoms with Crippen LogP contribution in [0.1, 0.15) is 17.5 Å². The molecule has 0 atom stereocenters. The average molecular weight is 433 g/mol. The van der Waals surface area contributed by atoms with Crippen LogP contribution >= 0.6 is 0 Å². The van der Waals surface area contributed by atoms with Gasteiger partial charge >= 0.3 is 0 Å². The number of hydrogen-bond acceptors (Lipinski definition) is 4. The van der Waals surface area contributed by atoms with Gasteiger partial charge in [-0.1, -0.05) is 18.2 Å². The third kappa shape index (κ3) is 3.66. The van der Waals surface area contributed by atoms with Gasteiger partial charge in [-0.2, -0.15) is 0 Å². The fraction of sp³-hybridized carbons (Fsp3) is 0.130. The molecule has 0 bridgehead atoms. The van der Waals surface area contributed by atoms with Gasteiger partial charge in [0.25, 0.3) is 10.0 Å². The molecule has 2 aromatic heterocycles. The molecule has 5 rings (SSSR count). The van der Waals surface area contributed by atoms with Crippen LogP contribution in [0.2, 0.25) is 0 Å². The normalized spacial score (nSPS) is 13.6. The summed E-state index contributed by atoms with van der Waals surface area (Å²) in [5.41, 5.74) is 5.65. The van der Waals surface area contributed by atoms with Crippen molar-refractivity contribution in [2.45, 2.75) is 24.7 Å². The van der Waals surface area contributed by atoms with Crippen LogP contribution in [-0.4, -0.2) is 23.7 Å². The van der Waals surface area contributed by atoms with Crippen molar-refractivity contribution in [1.29, 1.82) is 0 Å². The summed E-state index contributed by atoms with van der Waals surface area (Å²) >= 11 is 0. The number of aromatic nitrogens is 2. The minimum Gasteiger partial charge on any atom is -0.326 e. The molecule has 3 heterocycles. The van der Waals surface area contributed by atoms with Gasteiger partial charge in [-0.25, -0.2) is 13.4 Å². The maximum atomic E-state index is 12.8. The molecular formula is C23H20N4O3S. The number of imidazole rings is 1. The van der Waals surface area contributed by atoms with Crippen LogP contribution in [0.3, 0.4) is 0 Å². The fourth-order valence-electron chi connectivity index (χ4n) is 3.74. The van der Waals surface area contributed by atoms with E-state index in [2.05, 4.69) is 15.0 Å². The molecular weight excluding hydrogens is 412 g/mol. The van der Waals surface area contributed by atoms with Gasteiger partial charge in [0.15, 0.2) is 0 Å². The third-order valence-electron chi connectivity index (χ3n) is 5.39. The zero-order chi connectivity index (χ0) is 21.6. The predicted molar refractivity (Wildman–Crippen MR) is 120 cm³/mol. The minimum absolute atomic E-state index is 0.0536. The Hall–Kier alpha value is -3.65. The van der Waals surface area contributed by atoms with Gasteiger partial charge in [0.2, 0.25) is 5.91 Å². The maximum absolute atomic E-state index is 12.8. The molecule has 1 aliphatic heterocycles. The van der Waals surface area contributed by atoms with Crippen molar-refractivity contribution < 1.29 is 13.2 Å². The van der Waals surface area contributed by atoms with Crippen LogP contribution in [0, 0.1) is 6.92 Å². The maximum Gasteiger partial charge on any atom is 0.261 e. The fourth-order valence-corrected chi connectivity index (χ4v) is 4.85. The second kappa shape index (κ2) is 7.24. The van der Waals surface area contributed by atoms with E-state index in [1.54, 1.807) is 24.3 Å². The van der Waals surface area contributed by atoms with Gasteiger partial charge in [-0.15, -0.1) is 0 Å². The largest absolute Gasteiger partial charge is 0.326 e. The van der Waals surface area contributed by atoms with Crippen molar-refractivity contribution in [2.24, 2.45) is 0 Å². The molecule has 1 aliphatic rings. The summed E-state index contributed by atoms with van der Waals surface area (Å²) in [7, 11) is -3.75. The molecule has 0 saturated heterocycles. The summed E-state index contributed by atoms with van der Waals surface area (Å²) in [6.45, 7) is 2.01. The first-order valence-electron chi connectivity index (χ1n) is 9.89. The highest BCUT2D eigenvalue weighted by Gasteiger charge is 2.20. The lowest BCUT2D eigenvalue weighted by Gasteiger charge is -2.18. The Bertz CT molecular complexity index is 1420. The first-order chi connectivity index (χ1) is 14.9. The van der Waals surface area contributed by atoms with Gasteiger partial charge in [-0.05, 0) is 60.9 Å². The smallest absolute Gasteiger partial charge is 0.261 e. The molecule has 7 nitrogen and oxygen atoms in total. The Morgan fingerprint density at radius 3 is 2.65 bits per heavy atom. The summed E-state index contributed by atoms with van der Waals surface area (Å²) in [5.74, 6) is -0.0536. The zero-order valence-corrected chi connectivity index (χ0v) is 17.6. The molecule has 4 aromatic rings. The predicted octanol–water partition coefficient (Wildman–Crippen LogP) is 4.00. The van der Waals surface area contributed by atoms with Crippen molar-refractivity contribution >= 4 is 33.0 Å². The molecule has 2 N–H and O–H groups in total. The number of hydrogen-bond donors (Lipinski definition) is 2. The molecule has 2 aromatic carbocycles. The van der Waals surface area contributed by atoms with Gasteiger partial charge in [0.05, 0.1) is 10.6 Å². The third-order valence-corrected chi connectivity index (χ3v) is 6.77. The Morgan fingerprint density at radius 1 is 1.06 bits per heavy atom. The number of aryl methyl sites for hydroxylation is 2. The Labute approximate surface area is 179 Å². The Balaban J connectivity index is 1.38. The highest BCUT2D eigenvalue weighted by Crippen LogP contribution is 2.27. The van der Waals surface area contributed by atoms with E-state index < -0.39 is 10.0 Å². The molecule has 8 heteroatoms. The summed E-state index contributed by atoms with van der Waals surface area (Å²) in [6.07, 6.45) is 4.78. The summed E-state index contributed by atoms with van der Waals surface area (Å²) in [5, 5.41) is 2.76. The second-order valence-electron chi connectivity index (χ2n) is 7.60. The van der Waals surface area contributed by atoms with Gasteiger partial charge in [-0.3, -0.25) is 9.52 Å². The summed E-state index contributed by atoms with van der Waals surface area (Å²) in [4.78, 5) is 16.3. The highest BCUT2D eigenvalue weighted by atomic mass is 32.2. The van der Waals surface area contributed by atoms with E-state index in [9.17, 15) is 13.2 Å². The summed E-state index contributed by atoms with van der Waals surface area (Å²) < 4.78 is 30.3. The quantitative estimate of drug-likeness (QED) is 0.510. The van der Waals surface area contributed by atoms with Gasteiger partial charge < -0.3 is 9.72 Å². The molecule has 1 amide bonds. The van der Waals surface area contributed by atoms with E-state index in [1.807, 2.05) is 48.0 Å². The van der Waals surface area contributed by atoms with Crippen LogP contribution in [0.25, 0.3) is 16.9 Å². The van der Waals surface area contributed by atoms with Crippen molar-refractivity contribution in [2.75, 3.05) is 10.0 Å². The van der Waals surface area contributed by atoms with Crippen LogP contribution in [0.4, 0.5) is 11.4 Å². The number of nitrogens with one attached hydrogen (secondary N) is 2. The lowest BCUT2D eigenvalue weighted by molar-refractivity contribution is -0.116. The van der Waals surface area contributed by atoms with E-state index in [1.165, 1.54) is 6.07 Å². The number of rotatable bonds is 4. The molecule has 0 fully saturated rings. The zero-order valence-electron chi connectivity index (χ0n) is 16.8. The number of benzene rings is 2. The monoisotopic (exact) mass is 432 g/mol. The molecule has 31 heavy (non-hydrogen) atoms. The first-order valence-corrected chi connectivity index (χ1v) is 11.4. The van der Waals surface area contributed by atoms with Crippen LogP contribution < -0.4 is 10.0 Å². The van der Waals surface area contributed by atoms with Gasteiger partial charge in [0, 0.05) is 35.8 Å². The van der Waals surface area contributed by atoms with Crippen LogP contribution in [0.5, 0.6) is 0 Å². The van der Waals surface area contributed by atoms with Crippen LogP contribution in [-0.2, 0) is 21.2 Å². The topological polar surface area (TPSA) is 92.6 Å². The minimum atomic E-state index is -3.75. The molecule has 0 unspecified atom stereocenters. The van der Waals surface area contributed by atoms with E-state index in [0.717, 1.165) is 28.0 Å². The van der Waals surface area contributed by atoms with E-state index >= 15 is 0 Å². The lowest BCUT2D eigenvalue weighted by atomic mass is 10.0. The summed E-state index contributed by atoms with van der Waals surface area (Å²) in [6, 6.07) is 15.9. The van der Waals surface area contributed by atoms with Crippen molar-refractivity contribution in [3.05, 3.63) is 78.1 Å². The number of anilines is 2. The standard InChI is InChI=1S/C23H20N4O3S/c1-15-3-2-12-27-14-21(25-23(15)27)16-4-7-18(8-5-16)26-31(29,30)19-9-10-20-17(13-19)6-11-22(28)24-20/h2-5,7-10,12-14,26H,6,11H2,1H3,(H,24,28). The second-order valence-corrected chi connectivity index (χ2v) is 9.28. The number of carbonyl (C=O) groups is 1. The molecule has 156 valence electrons. The molecule has 0 spiro atoms. The number of fused-ring (bicyclic) bond motifs is 2. The number of sulfonamides is 1. The van der Waals surface area contributed by atoms with Crippen LogP contribution in [0.15, 0.2) is 71.9 Å². The molecule has 0 saturated carbocycles. The average Bonchev–Trinajstić information content (AvgIpc) is 3.19. The van der Waals surface area contributed by atoms with E-state index in [-0.39, 0.29) is 10.8 Å².